The van der Waals surface area contributed by atoms with Crippen molar-refractivity contribution in [3.63, 3.8) is 0 Å². The van der Waals surface area contributed by atoms with Crippen molar-refractivity contribution in [1.29, 1.82) is 0 Å². The summed E-state index contributed by atoms with van der Waals surface area (Å²) in [6.07, 6.45) is 4.98. The number of hydrogen-bond donors (Lipinski definition) is 2. The minimum absolute atomic E-state index is 0.0103. The Kier molecular flexibility index (Phi) is 6.83. The average molecular weight is 446 g/mol. The summed E-state index contributed by atoms with van der Waals surface area (Å²) in [6.45, 7) is 3.42. The number of nitrogens with zero attached hydrogens (tertiary/aromatic N) is 3. The molecule has 8 heteroatoms. The van der Waals surface area contributed by atoms with Crippen LogP contribution in [-0.2, 0) is 22.7 Å². The van der Waals surface area contributed by atoms with Crippen molar-refractivity contribution in [1.82, 2.24) is 19.8 Å². The lowest BCUT2D eigenvalue weighted by molar-refractivity contribution is -0.130. The Morgan fingerprint density at radius 1 is 1.12 bits per heavy atom. The molecule has 170 valence electrons. The number of aryl methyl sites for hydroxylation is 1. The van der Waals surface area contributed by atoms with E-state index in [1.807, 2.05) is 48.2 Å². The molecule has 1 aliphatic heterocycles. The number of fused-ring (bicyclic) bond motifs is 1. The van der Waals surface area contributed by atoms with Crippen molar-refractivity contribution < 1.29 is 9.59 Å². The second-order valence-corrected chi connectivity index (χ2v) is 8.23. The van der Waals surface area contributed by atoms with Gasteiger partial charge in [0.25, 0.3) is 5.56 Å². The number of hydrogen-bond acceptors (Lipinski definition) is 5. The molecule has 0 radical (unpaired) electrons. The number of anilines is 1. The number of carbonyl (C=O) groups excluding carboxylic acids is 2. The van der Waals surface area contributed by atoms with Gasteiger partial charge in [-0.1, -0.05) is 24.3 Å². The van der Waals surface area contributed by atoms with Gasteiger partial charge in [-0.2, -0.15) is 0 Å². The van der Waals surface area contributed by atoms with Gasteiger partial charge in [-0.25, -0.2) is 0 Å². The van der Waals surface area contributed by atoms with Crippen molar-refractivity contribution in [2.75, 3.05) is 25.0 Å². The normalized spacial score (nSPS) is 14.9. The lowest BCUT2D eigenvalue weighted by Crippen LogP contribution is -2.44. The molecule has 1 atom stereocenters. The molecule has 1 unspecified atom stereocenters. The Morgan fingerprint density at radius 3 is 2.70 bits per heavy atom. The zero-order valence-corrected chi connectivity index (χ0v) is 18.5. The van der Waals surface area contributed by atoms with Gasteiger partial charge in [-0.15, -0.1) is 0 Å². The number of amides is 2. The fraction of sp³-hybridized carbons (Fsp3) is 0.280. The summed E-state index contributed by atoms with van der Waals surface area (Å²) in [7, 11) is 0. The molecular weight excluding hydrogens is 418 g/mol. The maximum absolute atomic E-state index is 12.9. The van der Waals surface area contributed by atoms with Gasteiger partial charge in [-0.05, 0) is 41.8 Å². The van der Waals surface area contributed by atoms with Crippen LogP contribution in [0.5, 0.6) is 0 Å². The molecule has 2 N–H and O–H groups in total. The first-order valence-corrected chi connectivity index (χ1v) is 10.9. The van der Waals surface area contributed by atoms with Gasteiger partial charge in [-0.3, -0.25) is 19.4 Å². The molecule has 0 fully saturated rings. The Bertz CT molecular complexity index is 1190. The van der Waals surface area contributed by atoms with Crippen LogP contribution in [0.25, 0.3) is 0 Å². The summed E-state index contributed by atoms with van der Waals surface area (Å²) in [5.74, 6) is -0.274. The zero-order chi connectivity index (χ0) is 23.2. The Balaban J connectivity index is 1.39. The Morgan fingerprint density at radius 2 is 1.91 bits per heavy atom. The van der Waals surface area contributed by atoms with E-state index >= 15 is 0 Å². The molecule has 3 heterocycles. The molecule has 2 aromatic heterocycles. The predicted molar refractivity (Wildman–Crippen MR) is 126 cm³/mol. The van der Waals surface area contributed by atoms with Gasteiger partial charge >= 0.3 is 0 Å². The number of benzene rings is 1. The van der Waals surface area contributed by atoms with Crippen molar-refractivity contribution >= 4 is 17.5 Å². The Labute approximate surface area is 192 Å². The van der Waals surface area contributed by atoms with Gasteiger partial charge in [0.15, 0.2) is 0 Å². The largest absolute Gasteiger partial charge is 0.376 e. The third kappa shape index (κ3) is 5.65. The highest BCUT2D eigenvalue weighted by atomic mass is 16.2. The molecule has 0 aliphatic carbocycles. The van der Waals surface area contributed by atoms with Crippen molar-refractivity contribution in [2.24, 2.45) is 0 Å². The number of carbonyl (C=O) groups is 2. The molecule has 1 aromatic carbocycles. The van der Waals surface area contributed by atoms with Crippen molar-refractivity contribution in [2.45, 2.75) is 25.9 Å². The third-order valence-electron chi connectivity index (χ3n) is 5.78. The van der Waals surface area contributed by atoms with E-state index in [0.29, 0.717) is 19.6 Å². The van der Waals surface area contributed by atoms with Crippen LogP contribution in [0.3, 0.4) is 0 Å². The molecule has 0 spiro atoms. The first kappa shape index (κ1) is 22.3. The minimum Gasteiger partial charge on any atom is -0.376 e. The van der Waals surface area contributed by atoms with Crippen LogP contribution >= 0.6 is 0 Å². The number of rotatable bonds is 7. The summed E-state index contributed by atoms with van der Waals surface area (Å²) in [5, 5.41) is 6.08. The summed E-state index contributed by atoms with van der Waals surface area (Å²) >= 11 is 0. The summed E-state index contributed by atoms with van der Waals surface area (Å²) in [5.41, 5.74) is 3.71. The van der Waals surface area contributed by atoms with E-state index < -0.39 is 0 Å². The highest BCUT2D eigenvalue weighted by Gasteiger charge is 2.28. The molecule has 0 saturated carbocycles. The molecule has 33 heavy (non-hydrogen) atoms. The summed E-state index contributed by atoms with van der Waals surface area (Å²) in [6, 6.07) is 14.9. The Hall–Kier alpha value is -3.94. The van der Waals surface area contributed by atoms with Gasteiger partial charge in [0, 0.05) is 55.9 Å². The number of pyridine rings is 2. The molecule has 0 bridgehead atoms. The molecule has 3 aromatic rings. The third-order valence-corrected chi connectivity index (χ3v) is 5.78. The van der Waals surface area contributed by atoms with Crippen LogP contribution in [0.1, 0.15) is 22.6 Å². The standard InChI is InChI=1S/C25H27N5O3/c1-18-8-11-29(24(32)12-18)17-23(31)28-13-20-16-30(15-19-4-2-3-5-22(19)20)25(33)14-27-21-6-9-26-10-7-21/h2-12,20H,13-17H2,1H3,(H,26,27)(H,28,31). The fourth-order valence-corrected chi connectivity index (χ4v) is 4.02. The SMILES string of the molecule is Cc1ccn(CC(=O)NCC2CN(C(=O)CNc3ccncc3)Cc3ccccc32)c(=O)c1. The van der Waals surface area contributed by atoms with E-state index in [4.69, 9.17) is 0 Å². The molecule has 8 nitrogen and oxygen atoms in total. The van der Waals surface area contributed by atoms with Gasteiger partial charge in [0.2, 0.25) is 11.8 Å². The highest BCUT2D eigenvalue weighted by molar-refractivity contribution is 5.81. The second kappa shape index (κ2) is 10.1. The molecular formula is C25H27N5O3. The molecule has 4 rings (SSSR count). The van der Waals surface area contributed by atoms with Crippen molar-refractivity contribution in [3.8, 4) is 0 Å². The smallest absolute Gasteiger partial charge is 0.251 e. The minimum atomic E-state index is -0.235. The zero-order valence-electron chi connectivity index (χ0n) is 18.5. The fourth-order valence-electron chi connectivity index (χ4n) is 4.02. The topological polar surface area (TPSA) is 96.3 Å². The number of aromatic nitrogens is 2. The maximum Gasteiger partial charge on any atom is 0.251 e. The predicted octanol–water partition coefficient (Wildman–Crippen LogP) is 1.91. The van der Waals surface area contributed by atoms with Crippen LogP contribution in [0, 0.1) is 6.92 Å². The van der Waals surface area contributed by atoms with Crippen LogP contribution in [0.2, 0.25) is 0 Å². The van der Waals surface area contributed by atoms with Crippen LogP contribution < -0.4 is 16.2 Å². The van der Waals surface area contributed by atoms with E-state index in [2.05, 4.69) is 15.6 Å². The van der Waals surface area contributed by atoms with Crippen LogP contribution in [0.15, 0.2) is 71.9 Å². The average Bonchev–Trinajstić information content (AvgIpc) is 2.83. The lowest BCUT2D eigenvalue weighted by Gasteiger charge is -2.35. The van der Waals surface area contributed by atoms with E-state index in [1.54, 1.807) is 24.7 Å². The van der Waals surface area contributed by atoms with Gasteiger partial charge < -0.3 is 20.1 Å². The monoisotopic (exact) mass is 445 g/mol. The summed E-state index contributed by atoms with van der Waals surface area (Å²) in [4.78, 5) is 43.3. The lowest BCUT2D eigenvalue weighted by atomic mass is 9.89. The van der Waals surface area contributed by atoms with E-state index in [1.165, 1.54) is 10.6 Å². The van der Waals surface area contributed by atoms with E-state index in [0.717, 1.165) is 22.4 Å². The molecule has 2 amide bonds. The van der Waals surface area contributed by atoms with E-state index in [-0.39, 0.29) is 36.4 Å². The quantitative estimate of drug-likeness (QED) is 0.579. The molecule has 1 aliphatic rings. The van der Waals surface area contributed by atoms with Gasteiger partial charge in [0.05, 0.1) is 6.54 Å². The summed E-state index contributed by atoms with van der Waals surface area (Å²) < 4.78 is 1.39. The second-order valence-electron chi connectivity index (χ2n) is 8.23. The highest BCUT2D eigenvalue weighted by Crippen LogP contribution is 2.28. The van der Waals surface area contributed by atoms with Crippen molar-refractivity contribution in [3.05, 3.63) is 94.2 Å². The number of nitrogens with one attached hydrogen (secondary N) is 2. The first-order valence-electron chi connectivity index (χ1n) is 10.9. The maximum atomic E-state index is 12.9. The van der Waals surface area contributed by atoms with Crippen LogP contribution in [-0.4, -0.2) is 45.9 Å². The molecule has 0 saturated heterocycles. The van der Waals surface area contributed by atoms with Gasteiger partial charge in [0.1, 0.15) is 6.54 Å². The van der Waals surface area contributed by atoms with Crippen LogP contribution in [0.4, 0.5) is 5.69 Å². The van der Waals surface area contributed by atoms with E-state index in [9.17, 15) is 14.4 Å². The first-order chi connectivity index (χ1) is 16.0.